The molecule has 46 heavy (non-hydrogen) atoms. The summed E-state index contributed by atoms with van der Waals surface area (Å²) in [6, 6.07) is 28.1. The number of nitrogens with zero attached hydrogens (tertiary/aromatic N) is 6. The zero-order chi connectivity index (χ0) is 32.1. The molecule has 6 nitrogen and oxygen atoms in total. The largest absolute Gasteiger partial charge is 0.367 e. The molecule has 234 valence electrons. The van der Waals surface area contributed by atoms with Gasteiger partial charge in [0.15, 0.2) is 5.71 Å². The molecule has 1 aliphatic carbocycles. The van der Waals surface area contributed by atoms with Crippen LogP contribution in [0.15, 0.2) is 118 Å². The summed E-state index contributed by atoms with van der Waals surface area (Å²) in [5.74, 6) is 0. The van der Waals surface area contributed by atoms with Gasteiger partial charge < -0.3 is 4.90 Å². The Bertz CT molecular complexity index is 1910. The van der Waals surface area contributed by atoms with Gasteiger partial charge in [0, 0.05) is 41.1 Å². The van der Waals surface area contributed by atoms with E-state index in [0.717, 1.165) is 36.5 Å². The third-order valence-corrected chi connectivity index (χ3v) is 11.5. The molecule has 1 aromatic heterocycles. The summed E-state index contributed by atoms with van der Waals surface area (Å²) in [5.41, 5.74) is 10.5. The van der Waals surface area contributed by atoms with Crippen molar-refractivity contribution in [2.45, 2.75) is 75.4 Å². The Kier molecular flexibility index (Phi) is 7.84. The first-order valence-electron chi connectivity index (χ1n) is 16.3. The second kappa shape index (κ2) is 11.8. The molecule has 3 heterocycles. The van der Waals surface area contributed by atoms with Gasteiger partial charge in [-0.25, -0.2) is 4.58 Å². The number of aromatic nitrogens is 4. The highest BCUT2D eigenvalue weighted by molar-refractivity contribution is 8.03. The fourth-order valence-corrected chi connectivity index (χ4v) is 8.88. The van der Waals surface area contributed by atoms with Crippen LogP contribution in [0.25, 0.3) is 5.69 Å². The van der Waals surface area contributed by atoms with Crippen molar-refractivity contribution in [3.05, 3.63) is 124 Å². The van der Waals surface area contributed by atoms with Crippen molar-refractivity contribution in [3.63, 3.8) is 0 Å². The molecule has 0 saturated heterocycles. The van der Waals surface area contributed by atoms with E-state index in [-0.39, 0.29) is 16.9 Å². The lowest BCUT2D eigenvalue weighted by molar-refractivity contribution is -0.403. The quantitative estimate of drug-likeness (QED) is 0.192. The molecule has 0 radical (unpaired) electrons. The molecule has 1 unspecified atom stereocenters. The van der Waals surface area contributed by atoms with Crippen molar-refractivity contribution in [3.8, 4) is 5.69 Å². The minimum atomic E-state index is -0.0259. The van der Waals surface area contributed by atoms with E-state index < -0.39 is 0 Å². The fourth-order valence-electron chi connectivity index (χ4n) is 7.78. The molecule has 1 atom stereocenters. The van der Waals surface area contributed by atoms with Crippen LogP contribution in [0.4, 0.5) is 11.4 Å². The molecule has 3 aromatic carbocycles. The lowest BCUT2D eigenvalue weighted by Crippen LogP contribution is -2.37. The van der Waals surface area contributed by atoms with Gasteiger partial charge in [0.1, 0.15) is 7.05 Å². The number of fused-ring (bicyclic) bond motifs is 2. The number of likely N-dealkylation sites (N-methyl/N-ethyl adjacent to an activating group) is 1. The average molecular weight is 628 g/mol. The highest BCUT2D eigenvalue weighted by Crippen LogP contribution is 2.46. The molecular weight excluding hydrogens is 585 g/mol. The molecule has 0 amide bonds. The number of hydrogen-bond acceptors (Lipinski definition) is 5. The predicted molar refractivity (Wildman–Crippen MR) is 190 cm³/mol. The normalized spacial score (nSPS) is 21.0. The number of benzene rings is 3. The maximum Gasteiger partial charge on any atom is 0.218 e. The number of thioether (sulfide) groups is 1. The standard InChI is InChI=1S/C39H43N6S/c1-38(2)30-19-10-12-21-32(30)43(5)34(38)25-23-27-15-14-16-28(24-26-35-39(3,4)31-20-11-13-22-33(31)44(35)6)36(27)46-37-40-41-42-45(37)29-17-8-7-9-18-29/h7-13,17-25,34H,14-16,26H2,1-6H3/q+1/b25-23+,28-24+. The van der Waals surface area contributed by atoms with Crippen LogP contribution < -0.4 is 4.90 Å². The first kappa shape index (κ1) is 30.4. The first-order chi connectivity index (χ1) is 22.2. The second-order valence-corrected chi connectivity index (χ2v) is 14.7. The van der Waals surface area contributed by atoms with Crippen molar-refractivity contribution in [1.82, 2.24) is 20.2 Å². The lowest BCUT2D eigenvalue weighted by Gasteiger charge is -2.30. The maximum absolute atomic E-state index is 4.51. The molecule has 2 aliphatic heterocycles. The summed E-state index contributed by atoms with van der Waals surface area (Å²) in [5, 5.41) is 13.8. The molecule has 4 aromatic rings. The van der Waals surface area contributed by atoms with Gasteiger partial charge in [-0.05, 0) is 90.2 Å². The van der Waals surface area contributed by atoms with E-state index in [1.54, 1.807) is 11.8 Å². The van der Waals surface area contributed by atoms with Gasteiger partial charge in [0.2, 0.25) is 10.8 Å². The van der Waals surface area contributed by atoms with Crippen LogP contribution in [0.2, 0.25) is 0 Å². The minimum Gasteiger partial charge on any atom is -0.367 e. The number of para-hydroxylation sites is 3. The van der Waals surface area contributed by atoms with Gasteiger partial charge in [-0.1, -0.05) is 86.7 Å². The zero-order valence-corrected chi connectivity index (χ0v) is 28.6. The van der Waals surface area contributed by atoms with E-state index >= 15 is 0 Å². The number of rotatable bonds is 7. The summed E-state index contributed by atoms with van der Waals surface area (Å²) < 4.78 is 4.26. The fraction of sp³-hybridized carbons (Fsp3) is 0.333. The third-order valence-electron chi connectivity index (χ3n) is 10.3. The Morgan fingerprint density at radius 2 is 1.63 bits per heavy atom. The van der Waals surface area contributed by atoms with Crippen LogP contribution >= 0.6 is 11.8 Å². The van der Waals surface area contributed by atoms with Gasteiger partial charge in [-0.2, -0.15) is 4.68 Å². The zero-order valence-electron chi connectivity index (χ0n) is 27.7. The number of tetrazole rings is 1. The molecule has 0 saturated carbocycles. The van der Waals surface area contributed by atoms with Crippen molar-refractivity contribution in [2.75, 3.05) is 19.0 Å². The van der Waals surface area contributed by atoms with E-state index in [1.165, 1.54) is 44.3 Å². The highest BCUT2D eigenvalue weighted by atomic mass is 32.2. The Hall–Kier alpha value is -4.23. The second-order valence-electron chi connectivity index (χ2n) is 13.8. The highest BCUT2D eigenvalue weighted by Gasteiger charge is 2.43. The predicted octanol–water partition coefficient (Wildman–Crippen LogP) is 8.57. The molecule has 7 heteroatoms. The Morgan fingerprint density at radius 1 is 0.913 bits per heavy atom. The lowest BCUT2D eigenvalue weighted by atomic mass is 9.79. The van der Waals surface area contributed by atoms with E-state index in [0.29, 0.717) is 0 Å². The number of hydrogen-bond donors (Lipinski definition) is 0. The van der Waals surface area contributed by atoms with Crippen LogP contribution in [0.3, 0.4) is 0 Å². The number of allylic oxidation sites excluding steroid dienone is 4. The summed E-state index contributed by atoms with van der Waals surface area (Å²) >= 11 is 1.70. The van der Waals surface area contributed by atoms with Crippen LogP contribution in [0, 0.1) is 0 Å². The van der Waals surface area contributed by atoms with Gasteiger partial charge in [-0.3, -0.25) is 0 Å². The topological polar surface area (TPSA) is 49.9 Å². The van der Waals surface area contributed by atoms with Gasteiger partial charge in [0.25, 0.3) is 0 Å². The summed E-state index contributed by atoms with van der Waals surface area (Å²) in [7, 11) is 4.44. The molecule has 0 bridgehead atoms. The van der Waals surface area contributed by atoms with E-state index in [4.69, 9.17) is 0 Å². The van der Waals surface area contributed by atoms with Crippen molar-refractivity contribution in [1.29, 1.82) is 0 Å². The SMILES string of the molecule is CN1c2ccccc2C(C)(C)C1/C=C/C1=C(Sc2nnnn2-c2ccccc2)C(=C/CC2=[N+](C)c3ccccc3C2(C)C)/CCC1. The van der Waals surface area contributed by atoms with Gasteiger partial charge in [-0.15, -0.1) is 5.10 Å². The Morgan fingerprint density at radius 3 is 2.39 bits per heavy atom. The molecular formula is C39H43N6S+. The van der Waals surface area contributed by atoms with Crippen LogP contribution in [0.5, 0.6) is 0 Å². The Labute approximate surface area is 277 Å². The molecule has 3 aliphatic rings. The van der Waals surface area contributed by atoms with Crippen molar-refractivity contribution >= 4 is 28.8 Å². The number of anilines is 1. The molecule has 0 N–H and O–H groups in total. The maximum atomic E-state index is 4.51. The summed E-state index contributed by atoms with van der Waals surface area (Å²) in [6.45, 7) is 9.44. The monoisotopic (exact) mass is 627 g/mol. The molecule has 0 spiro atoms. The molecule has 7 rings (SSSR count). The van der Waals surface area contributed by atoms with Gasteiger partial charge in [0.05, 0.1) is 17.1 Å². The smallest absolute Gasteiger partial charge is 0.218 e. The van der Waals surface area contributed by atoms with Crippen molar-refractivity contribution in [2.24, 2.45) is 0 Å². The van der Waals surface area contributed by atoms with Crippen molar-refractivity contribution < 1.29 is 4.58 Å². The minimum absolute atomic E-state index is 0.00470. The van der Waals surface area contributed by atoms with Crippen LogP contribution in [0.1, 0.15) is 64.5 Å². The Balaban J connectivity index is 1.28. The van der Waals surface area contributed by atoms with E-state index in [9.17, 15) is 0 Å². The average Bonchev–Trinajstić information content (AvgIpc) is 3.66. The summed E-state index contributed by atoms with van der Waals surface area (Å²) in [4.78, 5) is 3.71. The van der Waals surface area contributed by atoms with Crippen LogP contribution in [-0.2, 0) is 10.8 Å². The van der Waals surface area contributed by atoms with Gasteiger partial charge >= 0.3 is 0 Å². The first-order valence-corrected chi connectivity index (χ1v) is 17.1. The van der Waals surface area contributed by atoms with Crippen LogP contribution in [-0.4, -0.2) is 50.6 Å². The van der Waals surface area contributed by atoms with E-state index in [2.05, 4.69) is 146 Å². The third kappa shape index (κ3) is 5.15. The molecule has 0 fully saturated rings. The van der Waals surface area contributed by atoms with E-state index in [1.807, 2.05) is 22.9 Å². The summed E-state index contributed by atoms with van der Waals surface area (Å²) in [6.07, 6.45) is 11.4.